The van der Waals surface area contributed by atoms with Crippen LogP contribution in [0.1, 0.15) is 34.6 Å². The minimum absolute atomic E-state index is 0.134. The van der Waals surface area contributed by atoms with Crippen LogP contribution in [0.15, 0.2) is 36.9 Å². The summed E-state index contributed by atoms with van der Waals surface area (Å²) >= 11 is 0. The van der Waals surface area contributed by atoms with Gasteiger partial charge in [-0.15, -0.1) is 0 Å². The van der Waals surface area contributed by atoms with Crippen LogP contribution >= 0.6 is 0 Å². The van der Waals surface area contributed by atoms with Gasteiger partial charge in [-0.25, -0.2) is 9.97 Å². The van der Waals surface area contributed by atoms with Gasteiger partial charge < -0.3 is 14.4 Å². The molecule has 0 saturated carbocycles. The number of rotatable bonds is 4. The minimum atomic E-state index is -0.293. The van der Waals surface area contributed by atoms with E-state index in [9.17, 15) is 4.79 Å². The summed E-state index contributed by atoms with van der Waals surface area (Å²) in [6.45, 7) is 4.36. The molecule has 2 fully saturated rings. The van der Waals surface area contributed by atoms with Crippen molar-refractivity contribution in [3.8, 4) is 0 Å². The molecule has 1 amide bonds. The van der Waals surface area contributed by atoms with E-state index < -0.39 is 0 Å². The average Bonchev–Trinajstić information content (AvgIpc) is 2.65. The lowest BCUT2D eigenvalue weighted by Crippen LogP contribution is -2.67. The molecule has 7 heteroatoms. The van der Waals surface area contributed by atoms with Crippen LogP contribution in [0.2, 0.25) is 0 Å². The van der Waals surface area contributed by atoms with Crippen LogP contribution in [0.4, 0.5) is 0 Å². The molecule has 26 heavy (non-hydrogen) atoms. The zero-order chi connectivity index (χ0) is 18.0. The number of carbonyl (C=O) groups is 1. The van der Waals surface area contributed by atoms with E-state index in [1.54, 1.807) is 23.4 Å². The van der Waals surface area contributed by atoms with Gasteiger partial charge in [0.1, 0.15) is 5.60 Å². The summed E-state index contributed by atoms with van der Waals surface area (Å²) in [5, 5.41) is 0. The van der Waals surface area contributed by atoms with Crippen LogP contribution < -0.4 is 0 Å². The highest BCUT2D eigenvalue weighted by atomic mass is 16.5. The van der Waals surface area contributed by atoms with Crippen molar-refractivity contribution in [3.05, 3.63) is 53.9 Å². The maximum absolute atomic E-state index is 12.4. The molecule has 0 aromatic carbocycles. The molecule has 136 valence electrons. The zero-order valence-electron chi connectivity index (χ0n) is 14.8. The number of pyridine rings is 1. The highest BCUT2D eigenvalue weighted by molar-refractivity contribution is 5.91. The first-order valence-corrected chi connectivity index (χ1v) is 8.86. The standard InChI is InChI=1S/C19H22N4O3/c1-14-7-15(10-20-9-14)11-25-16-3-6-26-19(8-16)12-23(13-19)18(24)17-21-4-2-5-22-17/h2,4-5,7,9-10,16H,3,6,8,11-13H2,1H3. The summed E-state index contributed by atoms with van der Waals surface area (Å²) in [6.07, 6.45) is 8.64. The second-order valence-electron chi connectivity index (χ2n) is 7.06. The fourth-order valence-electron chi connectivity index (χ4n) is 3.60. The van der Waals surface area contributed by atoms with Crippen molar-refractivity contribution in [2.45, 2.75) is 38.1 Å². The molecule has 4 rings (SSSR count). The van der Waals surface area contributed by atoms with E-state index >= 15 is 0 Å². The lowest BCUT2D eigenvalue weighted by Gasteiger charge is -2.52. The van der Waals surface area contributed by atoms with Crippen LogP contribution in [0, 0.1) is 6.92 Å². The van der Waals surface area contributed by atoms with Gasteiger partial charge in [0.15, 0.2) is 0 Å². The van der Waals surface area contributed by atoms with Gasteiger partial charge in [-0.3, -0.25) is 9.78 Å². The fourth-order valence-corrected chi connectivity index (χ4v) is 3.60. The topological polar surface area (TPSA) is 77.4 Å². The number of aromatic nitrogens is 3. The molecule has 2 aliphatic rings. The van der Waals surface area contributed by atoms with Gasteiger partial charge in [0.05, 0.1) is 25.8 Å². The van der Waals surface area contributed by atoms with Gasteiger partial charge in [-0.1, -0.05) is 6.07 Å². The van der Waals surface area contributed by atoms with Gasteiger partial charge in [-0.2, -0.15) is 0 Å². The number of aryl methyl sites for hydroxylation is 1. The molecule has 0 radical (unpaired) electrons. The summed E-state index contributed by atoms with van der Waals surface area (Å²) in [7, 11) is 0. The number of ether oxygens (including phenoxy) is 2. The lowest BCUT2D eigenvalue weighted by molar-refractivity contribution is -0.188. The van der Waals surface area contributed by atoms with Crippen LogP contribution in [0.25, 0.3) is 0 Å². The van der Waals surface area contributed by atoms with Crippen LogP contribution in [-0.4, -0.2) is 57.2 Å². The Balaban J connectivity index is 1.31. The Bertz CT molecular complexity index is 777. The highest BCUT2D eigenvalue weighted by Crippen LogP contribution is 2.36. The van der Waals surface area contributed by atoms with E-state index in [-0.39, 0.29) is 23.4 Å². The van der Waals surface area contributed by atoms with Crippen molar-refractivity contribution in [2.24, 2.45) is 0 Å². The molecular weight excluding hydrogens is 332 g/mol. The molecule has 1 spiro atoms. The monoisotopic (exact) mass is 354 g/mol. The Labute approximate surface area is 152 Å². The predicted molar refractivity (Wildman–Crippen MR) is 93.4 cm³/mol. The molecule has 7 nitrogen and oxygen atoms in total. The predicted octanol–water partition coefficient (Wildman–Crippen LogP) is 1.77. The zero-order valence-corrected chi connectivity index (χ0v) is 14.8. The van der Waals surface area contributed by atoms with Gasteiger partial charge in [0.25, 0.3) is 5.91 Å². The van der Waals surface area contributed by atoms with Crippen LogP contribution in [0.5, 0.6) is 0 Å². The van der Waals surface area contributed by atoms with Crippen LogP contribution in [0.3, 0.4) is 0 Å². The Morgan fingerprint density at radius 2 is 2.15 bits per heavy atom. The summed E-state index contributed by atoms with van der Waals surface area (Å²) in [5.41, 5.74) is 1.92. The van der Waals surface area contributed by atoms with Crippen molar-refractivity contribution >= 4 is 5.91 Å². The molecule has 0 N–H and O–H groups in total. The first kappa shape index (κ1) is 17.1. The third-order valence-electron chi connectivity index (χ3n) is 4.87. The number of hydrogen-bond donors (Lipinski definition) is 0. The van der Waals surface area contributed by atoms with Crippen molar-refractivity contribution < 1.29 is 14.3 Å². The van der Waals surface area contributed by atoms with Gasteiger partial charge in [-0.05, 0) is 30.5 Å². The summed E-state index contributed by atoms with van der Waals surface area (Å²) in [4.78, 5) is 26.4. The fraction of sp³-hybridized carbons (Fsp3) is 0.474. The Morgan fingerprint density at radius 3 is 2.92 bits per heavy atom. The first-order chi connectivity index (χ1) is 12.6. The molecule has 4 heterocycles. The first-order valence-electron chi connectivity index (χ1n) is 8.86. The van der Waals surface area contributed by atoms with E-state index in [1.807, 2.05) is 19.3 Å². The molecule has 1 atom stereocenters. The van der Waals surface area contributed by atoms with Crippen molar-refractivity contribution in [1.82, 2.24) is 19.9 Å². The van der Waals surface area contributed by atoms with E-state index in [0.29, 0.717) is 26.3 Å². The second kappa shape index (κ2) is 7.09. The summed E-state index contributed by atoms with van der Waals surface area (Å²) in [6, 6.07) is 3.79. The Hall–Kier alpha value is -2.38. The summed E-state index contributed by atoms with van der Waals surface area (Å²) in [5.74, 6) is 0.0895. The third-order valence-corrected chi connectivity index (χ3v) is 4.87. The third kappa shape index (κ3) is 3.59. The van der Waals surface area contributed by atoms with Crippen molar-refractivity contribution in [3.63, 3.8) is 0 Å². The maximum atomic E-state index is 12.4. The van der Waals surface area contributed by atoms with E-state index in [0.717, 1.165) is 24.0 Å². The molecule has 2 aromatic rings. The molecule has 2 aromatic heterocycles. The van der Waals surface area contributed by atoms with Crippen LogP contribution in [-0.2, 0) is 16.1 Å². The molecule has 2 aliphatic heterocycles. The molecular formula is C19H22N4O3. The lowest BCUT2D eigenvalue weighted by atomic mass is 9.84. The van der Waals surface area contributed by atoms with E-state index in [1.165, 1.54) is 0 Å². The maximum Gasteiger partial charge on any atom is 0.291 e. The average molecular weight is 354 g/mol. The van der Waals surface area contributed by atoms with Crippen molar-refractivity contribution in [1.29, 1.82) is 0 Å². The second-order valence-corrected chi connectivity index (χ2v) is 7.06. The molecule has 0 bridgehead atoms. The highest BCUT2D eigenvalue weighted by Gasteiger charge is 2.50. The quantitative estimate of drug-likeness (QED) is 0.833. The van der Waals surface area contributed by atoms with Gasteiger partial charge in [0, 0.05) is 37.8 Å². The van der Waals surface area contributed by atoms with E-state index in [2.05, 4.69) is 21.0 Å². The summed E-state index contributed by atoms with van der Waals surface area (Å²) < 4.78 is 12.1. The largest absolute Gasteiger partial charge is 0.373 e. The number of nitrogens with zero attached hydrogens (tertiary/aromatic N) is 4. The van der Waals surface area contributed by atoms with E-state index in [4.69, 9.17) is 9.47 Å². The number of amides is 1. The normalized spacial score (nSPS) is 21.4. The molecule has 2 saturated heterocycles. The minimum Gasteiger partial charge on any atom is -0.373 e. The SMILES string of the molecule is Cc1cncc(COC2CCOC3(C2)CN(C(=O)c2ncccn2)C3)c1. The Kier molecular flexibility index (Phi) is 4.65. The van der Waals surface area contributed by atoms with Gasteiger partial charge in [0.2, 0.25) is 5.82 Å². The number of hydrogen-bond acceptors (Lipinski definition) is 6. The number of carbonyl (C=O) groups excluding carboxylic acids is 1. The van der Waals surface area contributed by atoms with Gasteiger partial charge >= 0.3 is 0 Å². The number of likely N-dealkylation sites (tertiary alicyclic amines) is 1. The molecule has 0 aliphatic carbocycles. The Morgan fingerprint density at radius 1 is 1.35 bits per heavy atom. The smallest absolute Gasteiger partial charge is 0.291 e. The molecule has 1 unspecified atom stereocenters. The van der Waals surface area contributed by atoms with Crippen molar-refractivity contribution in [2.75, 3.05) is 19.7 Å².